The molecule has 0 amide bonds. The van der Waals surface area contributed by atoms with E-state index in [1.807, 2.05) is 13.0 Å². The number of hydrogen-bond acceptors (Lipinski definition) is 2. The molecule has 0 saturated heterocycles. The van der Waals surface area contributed by atoms with Crippen LogP contribution in [0.5, 0.6) is 0 Å². The van der Waals surface area contributed by atoms with Gasteiger partial charge in [0.15, 0.2) is 0 Å². The summed E-state index contributed by atoms with van der Waals surface area (Å²) in [4.78, 5) is 0. The number of rotatable bonds is 7. The van der Waals surface area contributed by atoms with Gasteiger partial charge in [0, 0.05) is 11.1 Å². The molecule has 4 heteroatoms. The Balaban J connectivity index is 2.69. The monoisotopic (exact) mass is 332 g/mol. The van der Waals surface area contributed by atoms with E-state index >= 15 is 0 Å². The second-order valence-corrected chi connectivity index (χ2v) is 7.66. The molecule has 0 bridgehead atoms. The van der Waals surface area contributed by atoms with Gasteiger partial charge in [-0.05, 0) is 31.2 Å². The SMILES string of the molecule is CCCS(=O)(=O)CCC(CBr)c1cccc(C)c1. The smallest absolute Gasteiger partial charge is 0.150 e. The van der Waals surface area contributed by atoms with Gasteiger partial charge >= 0.3 is 0 Å². The number of sulfone groups is 1. The van der Waals surface area contributed by atoms with Crippen molar-refractivity contribution in [3.8, 4) is 0 Å². The van der Waals surface area contributed by atoms with Crippen molar-refractivity contribution in [3.63, 3.8) is 0 Å². The van der Waals surface area contributed by atoms with Gasteiger partial charge in [-0.1, -0.05) is 52.7 Å². The van der Waals surface area contributed by atoms with Crippen molar-refractivity contribution in [2.45, 2.75) is 32.6 Å². The van der Waals surface area contributed by atoms with Gasteiger partial charge in [-0.2, -0.15) is 0 Å². The molecule has 0 spiro atoms. The molecule has 1 unspecified atom stereocenters. The van der Waals surface area contributed by atoms with E-state index in [1.54, 1.807) is 0 Å². The lowest BCUT2D eigenvalue weighted by Gasteiger charge is -2.15. The summed E-state index contributed by atoms with van der Waals surface area (Å²) in [6.45, 7) is 3.96. The van der Waals surface area contributed by atoms with Gasteiger partial charge in [0.2, 0.25) is 0 Å². The molecule has 2 nitrogen and oxygen atoms in total. The van der Waals surface area contributed by atoms with Crippen LogP contribution in [0.4, 0.5) is 0 Å². The van der Waals surface area contributed by atoms with E-state index in [9.17, 15) is 8.42 Å². The molecule has 0 heterocycles. The van der Waals surface area contributed by atoms with E-state index in [-0.39, 0.29) is 11.7 Å². The Kier molecular flexibility index (Phi) is 6.36. The Hall–Kier alpha value is -0.350. The van der Waals surface area contributed by atoms with Gasteiger partial charge in [-0.15, -0.1) is 0 Å². The molecule has 18 heavy (non-hydrogen) atoms. The lowest BCUT2D eigenvalue weighted by Crippen LogP contribution is -2.14. The Morgan fingerprint density at radius 2 is 2.00 bits per heavy atom. The standard InChI is InChI=1S/C14H21BrO2S/c1-3-8-18(16,17)9-7-14(11-15)13-6-4-5-12(2)10-13/h4-6,10,14H,3,7-9,11H2,1-2H3. The van der Waals surface area contributed by atoms with Crippen LogP contribution < -0.4 is 0 Å². The van der Waals surface area contributed by atoms with Crippen LogP contribution in [0.15, 0.2) is 24.3 Å². The van der Waals surface area contributed by atoms with Crippen molar-refractivity contribution in [3.05, 3.63) is 35.4 Å². The molecule has 0 aliphatic rings. The van der Waals surface area contributed by atoms with Crippen LogP contribution in [0.25, 0.3) is 0 Å². The van der Waals surface area contributed by atoms with Crippen LogP contribution in [0, 0.1) is 6.92 Å². The average molecular weight is 333 g/mol. The van der Waals surface area contributed by atoms with Gasteiger partial charge < -0.3 is 0 Å². The average Bonchev–Trinajstić information content (AvgIpc) is 2.29. The van der Waals surface area contributed by atoms with E-state index in [4.69, 9.17) is 0 Å². The van der Waals surface area contributed by atoms with Crippen LogP contribution in [0.1, 0.15) is 36.8 Å². The lowest BCUT2D eigenvalue weighted by molar-refractivity contribution is 0.588. The molecule has 0 radical (unpaired) electrons. The first-order valence-corrected chi connectivity index (χ1v) is 9.25. The maximum atomic E-state index is 11.7. The fraction of sp³-hybridized carbons (Fsp3) is 0.571. The molecule has 1 aromatic rings. The summed E-state index contributed by atoms with van der Waals surface area (Å²) < 4.78 is 23.5. The third-order valence-electron chi connectivity index (χ3n) is 2.99. The fourth-order valence-electron chi connectivity index (χ4n) is 1.99. The quantitative estimate of drug-likeness (QED) is 0.713. The van der Waals surface area contributed by atoms with E-state index in [2.05, 4.69) is 41.1 Å². The Morgan fingerprint density at radius 3 is 2.56 bits per heavy atom. The predicted molar refractivity (Wildman–Crippen MR) is 81.3 cm³/mol. The van der Waals surface area contributed by atoms with Crippen molar-refractivity contribution in [1.29, 1.82) is 0 Å². The molecular weight excluding hydrogens is 312 g/mol. The topological polar surface area (TPSA) is 34.1 Å². The second-order valence-electron chi connectivity index (χ2n) is 4.71. The van der Waals surface area contributed by atoms with Crippen LogP contribution in [0.2, 0.25) is 0 Å². The minimum atomic E-state index is -2.88. The molecule has 0 aromatic heterocycles. The highest BCUT2D eigenvalue weighted by Crippen LogP contribution is 2.23. The van der Waals surface area contributed by atoms with Crippen molar-refractivity contribution in [1.82, 2.24) is 0 Å². The summed E-state index contributed by atoms with van der Waals surface area (Å²) in [7, 11) is -2.88. The zero-order valence-electron chi connectivity index (χ0n) is 11.0. The zero-order chi connectivity index (χ0) is 13.6. The summed E-state index contributed by atoms with van der Waals surface area (Å²) in [5, 5.41) is 0.804. The lowest BCUT2D eigenvalue weighted by atomic mass is 9.97. The first kappa shape index (κ1) is 15.7. The highest BCUT2D eigenvalue weighted by molar-refractivity contribution is 9.09. The van der Waals surface area contributed by atoms with Crippen LogP contribution in [0.3, 0.4) is 0 Å². The molecule has 0 aliphatic heterocycles. The maximum absolute atomic E-state index is 11.7. The van der Waals surface area contributed by atoms with Gasteiger partial charge in [0.05, 0.1) is 5.75 Å². The summed E-state index contributed by atoms with van der Waals surface area (Å²) in [5.74, 6) is 0.859. The molecule has 0 aliphatic carbocycles. The highest BCUT2D eigenvalue weighted by Gasteiger charge is 2.16. The van der Waals surface area contributed by atoms with Gasteiger partial charge in [-0.3, -0.25) is 0 Å². The van der Waals surface area contributed by atoms with Crippen molar-refractivity contribution < 1.29 is 8.42 Å². The van der Waals surface area contributed by atoms with E-state index in [0.29, 0.717) is 18.6 Å². The first-order valence-electron chi connectivity index (χ1n) is 6.31. The maximum Gasteiger partial charge on any atom is 0.150 e. The van der Waals surface area contributed by atoms with Gasteiger partial charge in [0.1, 0.15) is 9.84 Å². The van der Waals surface area contributed by atoms with Crippen LogP contribution in [-0.2, 0) is 9.84 Å². The number of alkyl halides is 1. The summed E-state index contributed by atoms with van der Waals surface area (Å²) >= 11 is 3.49. The third kappa shape index (κ3) is 5.11. The summed E-state index contributed by atoms with van der Waals surface area (Å²) in [5.41, 5.74) is 2.44. The fourth-order valence-corrected chi connectivity index (χ4v) is 4.16. The van der Waals surface area contributed by atoms with Crippen LogP contribution in [-0.4, -0.2) is 25.3 Å². The van der Waals surface area contributed by atoms with Gasteiger partial charge in [-0.25, -0.2) is 8.42 Å². The summed E-state index contributed by atoms with van der Waals surface area (Å²) in [6, 6.07) is 8.30. The van der Waals surface area contributed by atoms with Crippen LogP contribution >= 0.6 is 15.9 Å². The summed E-state index contributed by atoms with van der Waals surface area (Å²) in [6.07, 6.45) is 1.39. The number of hydrogen-bond donors (Lipinski definition) is 0. The van der Waals surface area contributed by atoms with Crippen molar-refractivity contribution in [2.75, 3.05) is 16.8 Å². The van der Waals surface area contributed by atoms with E-state index < -0.39 is 9.84 Å². The van der Waals surface area contributed by atoms with Crippen molar-refractivity contribution >= 4 is 25.8 Å². The van der Waals surface area contributed by atoms with E-state index in [1.165, 1.54) is 11.1 Å². The molecule has 0 saturated carbocycles. The molecule has 102 valence electrons. The number of halogens is 1. The van der Waals surface area contributed by atoms with Crippen molar-refractivity contribution in [2.24, 2.45) is 0 Å². The molecule has 0 N–H and O–H groups in total. The minimum absolute atomic E-state index is 0.275. The molecule has 1 aromatic carbocycles. The number of aryl methyl sites for hydroxylation is 1. The molecule has 1 atom stereocenters. The largest absolute Gasteiger partial charge is 0.229 e. The Bertz CT molecular complexity index is 468. The van der Waals surface area contributed by atoms with E-state index in [0.717, 1.165) is 5.33 Å². The normalized spacial score (nSPS) is 13.5. The zero-order valence-corrected chi connectivity index (χ0v) is 13.4. The third-order valence-corrected chi connectivity index (χ3v) is 5.66. The predicted octanol–water partition coefficient (Wildman–Crippen LogP) is 3.69. The minimum Gasteiger partial charge on any atom is -0.229 e. The van der Waals surface area contributed by atoms with Gasteiger partial charge in [0.25, 0.3) is 0 Å². The molecular formula is C14H21BrO2S. The highest BCUT2D eigenvalue weighted by atomic mass is 79.9. The Labute approximate surface area is 119 Å². The molecule has 0 fully saturated rings. The Morgan fingerprint density at radius 1 is 1.28 bits per heavy atom. The first-order chi connectivity index (χ1) is 8.48. The molecule has 1 rings (SSSR count). The number of benzene rings is 1. The second kappa shape index (κ2) is 7.29.